The minimum Gasteiger partial charge on any atom is -0.387 e. The molecule has 12 N–H and O–H groups in total. The zero-order valence-corrected chi connectivity index (χ0v) is 24.5. The van der Waals surface area contributed by atoms with E-state index in [4.69, 9.17) is 31.2 Å². The summed E-state index contributed by atoms with van der Waals surface area (Å²) >= 11 is 0. The first-order valence-corrected chi connectivity index (χ1v) is 15.8. The molecule has 0 saturated carbocycles. The number of nitrogens with two attached hydrogens (primary N) is 3. The van der Waals surface area contributed by atoms with E-state index in [9.17, 15) is 44.1 Å². The van der Waals surface area contributed by atoms with Crippen molar-refractivity contribution in [3.8, 4) is 0 Å². The summed E-state index contributed by atoms with van der Waals surface area (Å²) in [6.07, 6.45) is -8.73. The van der Waals surface area contributed by atoms with Crippen LogP contribution in [0.15, 0.2) is 31.0 Å². The van der Waals surface area contributed by atoms with Crippen LogP contribution in [0.5, 0.6) is 0 Å². The summed E-state index contributed by atoms with van der Waals surface area (Å²) < 4.78 is 51.9. The third-order valence-electron chi connectivity index (χ3n) is 6.91. The zero-order chi connectivity index (χ0) is 32.8. The fourth-order valence-corrected chi connectivity index (χ4v) is 6.75. The number of aliphatic hydroxyl groups excluding tert-OH is 4. The van der Waals surface area contributed by atoms with Crippen LogP contribution < -0.4 is 21.8 Å². The highest BCUT2D eigenvalue weighted by Gasteiger charge is 2.49. The predicted octanol–water partition coefficient (Wildman–Crippen LogP) is -3.43. The number of primary amides is 1. The number of hydrogen-bond donors (Lipinski definition) is 9. The molecule has 3 aromatic heterocycles. The lowest BCUT2D eigenvalue weighted by atomic mass is 10.1. The number of aromatic nitrogens is 5. The lowest BCUT2D eigenvalue weighted by molar-refractivity contribution is -0.753. The van der Waals surface area contributed by atoms with E-state index in [0.717, 1.165) is 17.1 Å². The van der Waals surface area contributed by atoms with Gasteiger partial charge in [-0.25, -0.2) is 28.6 Å². The van der Waals surface area contributed by atoms with Crippen LogP contribution >= 0.6 is 15.6 Å². The Morgan fingerprint density at radius 3 is 2.20 bits per heavy atom. The Balaban J connectivity index is 1.17. The molecule has 0 spiro atoms. The Labute approximate surface area is 251 Å². The molecule has 45 heavy (non-hydrogen) atoms. The summed E-state index contributed by atoms with van der Waals surface area (Å²) in [5.41, 5.74) is 17.2. The van der Waals surface area contributed by atoms with E-state index in [1.54, 1.807) is 0 Å². The number of carbonyl (C=O) groups excluding carboxylic acids is 1. The average molecular weight is 679 g/mol. The van der Waals surface area contributed by atoms with Crippen molar-refractivity contribution in [2.24, 2.45) is 5.73 Å². The largest absolute Gasteiger partial charge is 0.481 e. The van der Waals surface area contributed by atoms with E-state index in [0.29, 0.717) is 0 Å². The van der Waals surface area contributed by atoms with E-state index in [2.05, 4.69) is 23.8 Å². The number of ether oxygens (including phenoxy) is 2. The molecule has 3 aromatic rings. The molecule has 2 saturated heterocycles. The third-order valence-corrected chi connectivity index (χ3v) is 9.52. The Hall–Kier alpha value is -3.21. The van der Waals surface area contributed by atoms with Crippen LogP contribution in [-0.4, -0.2) is 105 Å². The normalized spacial score (nSPS) is 31.2. The van der Waals surface area contributed by atoms with Gasteiger partial charge in [0.2, 0.25) is 6.23 Å². The van der Waals surface area contributed by atoms with Crippen molar-refractivity contribution in [2.45, 2.75) is 49.1 Å². The van der Waals surface area contributed by atoms with Gasteiger partial charge in [-0.1, -0.05) is 0 Å². The summed E-state index contributed by atoms with van der Waals surface area (Å²) in [6, 6.07) is 2.61. The monoisotopic (exact) mass is 679 g/mol. The van der Waals surface area contributed by atoms with E-state index < -0.39 is 83.8 Å². The van der Waals surface area contributed by atoms with Crippen LogP contribution in [-0.2, 0) is 32.0 Å². The van der Waals surface area contributed by atoms with Gasteiger partial charge in [0.25, 0.3) is 11.7 Å². The van der Waals surface area contributed by atoms with Gasteiger partial charge in [0.05, 0.1) is 25.1 Å². The minimum atomic E-state index is -5.40. The van der Waals surface area contributed by atoms with Crippen molar-refractivity contribution < 1.29 is 71.5 Å². The lowest BCUT2D eigenvalue weighted by Gasteiger charge is -2.20. The van der Waals surface area contributed by atoms with E-state index in [-0.39, 0.29) is 28.4 Å². The van der Waals surface area contributed by atoms with Gasteiger partial charge in [0, 0.05) is 6.07 Å². The molecule has 2 fully saturated rings. The van der Waals surface area contributed by atoms with Gasteiger partial charge in [-0.3, -0.25) is 24.1 Å². The molecule has 0 aromatic carbocycles. The topological polar surface area (TPSA) is 344 Å². The maximum absolute atomic E-state index is 12.4. The van der Waals surface area contributed by atoms with E-state index >= 15 is 0 Å². The number of carbonyl (C=O) groups is 1. The molecule has 0 radical (unpaired) electrons. The van der Waals surface area contributed by atoms with Crippen LogP contribution in [0.3, 0.4) is 0 Å². The smallest absolute Gasteiger partial charge is 0.387 e. The molecule has 0 aliphatic carbocycles. The SMILES string of the molecule is NC(=O)c1ccc(N)[n+]([C@@H]2O[C@H](COP(=O)(O)OP(=O)(O)OC[C@H]3O[C@@H](n4cnc5c(N)ncnc54)C(O)C3O)C(O)C2O)c1. The summed E-state index contributed by atoms with van der Waals surface area (Å²) in [7, 11) is -10.8. The number of pyridine rings is 1. The van der Waals surface area contributed by atoms with E-state index in [1.807, 2.05) is 0 Å². The Morgan fingerprint density at radius 1 is 0.933 bits per heavy atom. The van der Waals surface area contributed by atoms with Gasteiger partial charge < -0.3 is 51.2 Å². The van der Waals surface area contributed by atoms with Crippen molar-refractivity contribution >= 4 is 44.4 Å². The zero-order valence-electron chi connectivity index (χ0n) is 22.7. The summed E-state index contributed by atoms with van der Waals surface area (Å²) in [5.74, 6) is -0.771. The molecule has 24 heteroatoms. The number of amides is 1. The van der Waals surface area contributed by atoms with Gasteiger partial charge in [0.15, 0.2) is 17.7 Å². The van der Waals surface area contributed by atoms with Crippen LogP contribution in [0.2, 0.25) is 0 Å². The van der Waals surface area contributed by atoms with Crippen molar-refractivity contribution in [3.05, 3.63) is 36.5 Å². The fraction of sp³-hybridized carbons (Fsp3) is 0.476. The molecule has 5 rings (SSSR count). The minimum absolute atomic E-state index is 0.000379. The molecular weight excluding hydrogens is 650 g/mol. The standard InChI is InChI=1S/C21H28N8O14P2/c22-11-2-1-8(18(24)34)3-28(11)20-15(32)13(30)9(41-20)4-39-44(35,36)43-45(37,38)40-5-10-14(31)16(33)21(42-10)29-7-27-12-17(23)25-6-26-19(12)29/h1-3,6-7,9-10,13-16,20-22,30-33H,4-5H2,(H6,23,24,25,26,34,35,36,37,38)/p+1/t9-,10-,13?,14?,15?,16?,20-,21-/m1/s1. The second-order valence-corrected chi connectivity index (χ2v) is 12.9. The van der Waals surface area contributed by atoms with Gasteiger partial charge in [-0.05, 0) is 6.07 Å². The molecule has 5 heterocycles. The molecule has 22 nitrogen and oxygen atoms in total. The van der Waals surface area contributed by atoms with Crippen molar-refractivity contribution in [2.75, 3.05) is 24.7 Å². The first-order chi connectivity index (χ1) is 21.1. The molecular formula is C21H29N8O14P2+. The number of hydrogen-bond acceptors (Lipinski definition) is 17. The maximum Gasteiger partial charge on any atom is 0.481 e. The number of anilines is 2. The number of imidazole rings is 1. The molecule has 6 unspecified atom stereocenters. The predicted molar refractivity (Wildman–Crippen MR) is 144 cm³/mol. The number of fused-ring (bicyclic) bond motifs is 1. The summed E-state index contributed by atoms with van der Waals surface area (Å²) in [5, 5.41) is 41.8. The summed E-state index contributed by atoms with van der Waals surface area (Å²) in [4.78, 5) is 43.4. The van der Waals surface area contributed by atoms with Gasteiger partial charge in [-0.2, -0.15) is 4.31 Å². The first-order valence-electron chi connectivity index (χ1n) is 12.8. The average Bonchev–Trinajstić information content (AvgIpc) is 3.61. The Kier molecular flexibility index (Phi) is 9.23. The number of rotatable bonds is 11. The molecule has 2 aliphatic rings. The van der Waals surface area contributed by atoms with Crippen LogP contribution in [0.25, 0.3) is 11.2 Å². The molecule has 2 aliphatic heterocycles. The third kappa shape index (κ3) is 6.83. The number of phosphoric ester groups is 2. The van der Waals surface area contributed by atoms with Crippen molar-refractivity contribution in [3.63, 3.8) is 0 Å². The second-order valence-electron chi connectivity index (χ2n) is 9.90. The molecule has 246 valence electrons. The molecule has 0 bridgehead atoms. The maximum atomic E-state index is 12.4. The Morgan fingerprint density at radius 2 is 1.56 bits per heavy atom. The van der Waals surface area contributed by atoms with Crippen LogP contribution in [0.1, 0.15) is 22.8 Å². The van der Waals surface area contributed by atoms with Crippen LogP contribution in [0, 0.1) is 0 Å². The fourth-order valence-electron chi connectivity index (χ4n) is 4.66. The Bertz CT molecular complexity index is 1680. The van der Waals surface area contributed by atoms with Gasteiger partial charge >= 0.3 is 15.6 Å². The van der Waals surface area contributed by atoms with Gasteiger partial charge in [-0.15, -0.1) is 0 Å². The molecule has 10 atom stereocenters. The quantitative estimate of drug-likeness (QED) is 0.0703. The highest BCUT2D eigenvalue weighted by atomic mass is 31.3. The van der Waals surface area contributed by atoms with E-state index in [1.165, 1.54) is 23.0 Å². The highest BCUT2D eigenvalue weighted by molar-refractivity contribution is 7.61. The highest BCUT2D eigenvalue weighted by Crippen LogP contribution is 2.60. The van der Waals surface area contributed by atoms with Crippen molar-refractivity contribution in [1.29, 1.82) is 0 Å². The van der Waals surface area contributed by atoms with Gasteiger partial charge in [0.1, 0.15) is 54.7 Å². The first kappa shape index (κ1) is 33.2. The second kappa shape index (κ2) is 12.5. The van der Waals surface area contributed by atoms with Crippen LogP contribution in [0.4, 0.5) is 11.6 Å². The lowest BCUT2D eigenvalue weighted by Crippen LogP contribution is -2.48. The van der Waals surface area contributed by atoms with Crippen molar-refractivity contribution in [1.82, 2.24) is 19.5 Å². The molecule has 1 amide bonds. The number of nitrogen functional groups attached to an aromatic ring is 2. The summed E-state index contributed by atoms with van der Waals surface area (Å²) in [6.45, 7) is -1.85. The number of aliphatic hydroxyl groups is 4. The number of nitrogens with zero attached hydrogens (tertiary/aromatic N) is 5. The number of phosphoric acid groups is 2.